The van der Waals surface area contributed by atoms with E-state index in [1.165, 1.54) is 18.3 Å². The van der Waals surface area contributed by atoms with Crippen LogP contribution in [0.1, 0.15) is 17.3 Å². The highest BCUT2D eigenvalue weighted by Crippen LogP contribution is 2.28. The molecule has 0 radical (unpaired) electrons. The van der Waals surface area contributed by atoms with E-state index in [4.69, 9.17) is 0 Å². The molecule has 3 rings (SSSR count). The summed E-state index contributed by atoms with van der Waals surface area (Å²) in [5.41, 5.74) is 1.03. The number of carbonyl (C=O) groups excluding carboxylic acids is 1. The quantitative estimate of drug-likeness (QED) is 0.642. The third-order valence-corrected chi connectivity index (χ3v) is 3.99. The highest BCUT2D eigenvalue weighted by atomic mass is 19.4. The number of rotatable bonds is 5. The fraction of sp³-hybridized carbons (Fsp3) is 0.200. The second kappa shape index (κ2) is 7.65. The number of ether oxygens (including phenoxy) is 1. The van der Waals surface area contributed by atoms with Crippen LogP contribution in [0.25, 0.3) is 10.8 Å². The van der Waals surface area contributed by atoms with Gasteiger partial charge in [-0.3, -0.25) is 4.79 Å². The summed E-state index contributed by atoms with van der Waals surface area (Å²) in [5.74, 6) is -0.471. The normalized spacial score (nSPS) is 11.4. The molecule has 0 aliphatic rings. The Hall–Kier alpha value is -3.09. The van der Waals surface area contributed by atoms with Crippen LogP contribution in [-0.2, 0) is 0 Å². The number of hydrogen-bond donors (Lipinski definition) is 0. The second-order valence-electron chi connectivity index (χ2n) is 5.84. The van der Waals surface area contributed by atoms with Gasteiger partial charge in [-0.1, -0.05) is 36.4 Å². The van der Waals surface area contributed by atoms with E-state index in [9.17, 15) is 18.0 Å². The van der Waals surface area contributed by atoms with Gasteiger partial charge < -0.3 is 9.64 Å². The Morgan fingerprint density at radius 1 is 1.07 bits per heavy atom. The molecule has 0 aliphatic carbocycles. The maximum Gasteiger partial charge on any atom is 0.422 e. The SMILES string of the molecule is CCN(C(=O)c1ccc(OCC(F)(F)F)nc1)c1cccc2ccccc12. The van der Waals surface area contributed by atoms with E-state index in [0.29, 0.717) is 6.54 Å². The highest BCUT2D eigenvalue weighted by Gasteiger charge is 2.28. The van der Waals surface area contributed by atoms with Gasteiger partial charge in [0, 0.05) is 24.2 Å². The first-order valence-electron chi connectivity index (χ1n) is 8.34. The first-order chi connectivity index (χ1) is 12.9. The Balaban J connectivity index is 1.84. The molecule has 0 saturated heterocycles. The van der Waals surface area contributed by atoms with Crippen LogP contribution in [0.2, 0.25) is 0 Å². The first-order valence-corrected chi connectivity index (χ1v) is 8.34. The molecule has 2 aromatic carbocycles. The zero-order valence-electron chi connectivity index (χ0n) is 14.5. The average molecular weight is 374 g/mol. The zero-order chi connectivity index (χ0) is 19.4. The molecule has 7 heteroatoms. The largest absolute Gasteiger partial charge is 0.468 e. The number of benzene rings is 2. The Kier molecular flexibility index (Phi) is 5.30. The number of amides is 1. The molecule has 1 amide bonds. The fourth-order valence-electron chi connectivity index (χ4n) is 2.77. The maximum absolute atomic E-state index is 12.9. The molecule has 27 heavy (non-hydrogen) atoms. The Labute approximate surface area is 154 Å². The van der Waals surface area contributed by atoms with Gasteiger partial charge in [-0.15, -0.1) is 0 Å². The number of hydrogen-bond acceptors (Lipinski definition) is 3. The second-order valence-corrected chi connectivity index (χ2v) is 5.84. The van der Waals surface area contributed by atoms with E-state index in [2.05, 4.69) is 9.72 Å². The lowest BCUT2D eigenvalue weighted by Crippen LogP contribution is -2.30. The molecule has 0 bridgehead atoms. The zero-order valence-corrected chi connectivity index (χ0v) is 14.5. The molecule has 1 heterocycles. The van der Waals surface area contributed by atoms with Gasteiger partial charge in [-0.05, 0) is 24.4 Å². The topological polar surface area (TPSA) is 42.4 Å². The monoisotopic (exact) mass is 374 g/mol. The van der Waals surface area contributed by atoms with Gasteiger partial charge in [-0.2, -0.15) is 13.2 Å². The van der Waals surface area contributed by atoms with Crippen molar-refractivity contribution in [1.29, 1.82) is 0 Å². The summed E-state index contributed by atoms with van der Waals surface area (Å²) < 4.78 is 41.2. The lowest BCUT2D eigenvalue weighted by molar-refractivity contribution is -0.154. The number of nitrogens with zero attached hydrogens (tertiary/aromatic N) is 2. The first kappa shape index (κ1) is 18.7. The van der Waals surface area contributed by atoms with Crippen LogP contribution in [0.4, 0.5) is 18.9 Å². The van der Waals surface area contributed by atoms with E-state index in [-0.39, 0.29) is 17.4 Å². The molecule has 140 valence electrons. The molecule has 0 fully saturated rings. The van der Waals surface area contributed by atoms with Crippen molar-refractivity contribution in [3.8, 4) is 5.88 Å². The van der Waals surface area contributed by atoms with Crippen molar-refractivity contribution >= 4 is 22.4 Å². The summed E-state index contributed by atoms with van der Waals surface area (Å²) in [6.45, 7) is 0.859. The highest BCUT2D eigenvalue weighted by molar-refractivity contribution is 6.10. The smallest absolute Gasteiger partial charge is 0.422 e. The molecule has 1 aromatic heterocycles. The van der Waals surface area contributed by atoms with Crippen LogP contribution in [0, 0.1) is 0 Å². The summed E-state index contributed by atoms with van der Waals surface area (Å²) in [5, 5.41) is 1.95. The van der Waals surface area contributed by atoms with Gasteiger partial charge in [-0.25, -0.2) is 4.98 Å². The van der Waals surface area contributed by atoms with Crippen LogP contribution >= 0.6 is 0 Å². The molecule has 0 spiro atoms. The number of pyridine rings is 1. The van der Waals surface area contributed by atoms with Crippen molar-refractivity contribution in [2.45, 2.75) is 13.1 Å². The third-order valence-electron chi connectivity index (χ3n) is 3.99. The molecule has 0 N–H and O–H groups in total. The predicted molar refractivity (Wildman–Crippen MR) is 97.1 cm³/mol. The fourth-order valence-corrected chi connectivity index (χ4v) is 2.77. The molecule has 0 atom stereocenters. The molecular weight excluding hydrogens is 357 g/mol. The molecule has 0 aliphatic heterocycles. The van der Waals surface area contributed by atoms with Crippen molar-refractivity contribution in [2.75, 3.05) is 18.1 Å². The van der Waals surface area contributed by atoms with Crippen LogP contribution in [0.3, 0.4) is 0 Å². The average Bonchev–Trinajstić information content (AvgIpc) is 2.67. The molecule has 3 aromatic rings. The van der Waals surface area contributed by atoms with Crippen LogP contribution in [-0.4, -0.2) is 30.2 Å². The number of alkyl halides is 3. The van der Waals surface area contributed by atoms with Gasteiger partial charge in [0.2, 0.25) is 5.88 Å². The maximum atomic E-state index is 12.9. The molecule has 0 unspecified atom stereocenters. The number of carbonyl (C=O) groups is 1. The van der Waals surface area contributed by atoms with Crippen molar-refractivity contribution in [3.05, 3.63) is 66.4 Å². The summed E-state index contributed by atoms with van der Waals surface area (Å²) in [4.78, 5) is 18.3. The summed E-state index contributed by atoms with van der Waals surface area (Å²) in [7, 11) is 0. The summed E-state index contributed by atoms with van der Waals surface area (Å²) >= 11 is 0. The molecule has 0 saturated carbocycles. The number of aromatic nitrogens is 1. The van der Waals surface area contributed by atoms with E-state index < -0.39 is 12.8 Å². The minimum atomic E-state index is -4.44. The van der Waals surface area contributed by atoms with Crippen molar-refractivity contribution in [1.82, 2.24) is 4.98 Å². The minimum absolute atomic E-state index is 0.183. The van der Waals surface area contributed by atoms with E-state index in [1.54, 1.807) is 4.90 Å². The number of halogens is 3. The van der Waals surface area contributed by atoms with E-state index in [0.717, 1.165) is 16.5 Å². The van der Waals surface area contributed by atoms with Crippen LogP contribution in [0.5, 0.6) is 5.88 Å². The Morgan fingerprint density at radius 2 is 1.81 bits per heavy atom. The van der Waals surface area contributed by atoms with Crippen molar-refractivity contribution in [2.24, 2.45) is 0 Å². The third kappa shape index (κ3) is 4.36. The minimum Gasteiger partial charge on any atom is -0.468 e. The number of fused-ring (bicyclic) bond motifs is 1. The lowest BCUT2D eigenvalue weighted by atomic mass is 10.1. The Bertz CT molecular complexity index is 935. The van der Waals surface area contributed by atoms with Crippen LogP contribution < -0.4 is 9.64 Å². The van der Waals surface area contributed by atoms with Gasteiger partial charge >= 0.3 is 6.18 Å². The molecule has 4 nitrogen and oxygen atoms in total. The Morgan fingerprint density at radius 3 is 2.48 bits per heavy atom. The predicted octanol–water partition coefficient (Wildman–Crippen LogP) is 4.84. The number of anilines is 1. The van der Waals surface area contributed by atoms with E-state index >= 15 is 0 Å². The summed E-state index contributed by atoms with van der Waals surface area (Å²) in [6, 6.07) is 16.1. The van der Waals surface area contributed by atoms with Gasteiger partial charge in [0.1, 0.15) is 0 Å². The van der Waals surface area contributed by atoms with Crippen molar-refractivity contribution in [3.63, 3.8) is 0 Å². The van der Waals surface area contributed by atoms with E-state index in [1.807, 2.05) is 49.4 Å². The van der Waals surface area contributed by atoms with Crippen molar-refractivity contribution < 1.29 is 22.7 Å². The van der Waals surface area contributed by atoms with Gasteiger partial charge in [0.25, 0.3) is 5.91 Å². The lowest BCUT2D eigenvalue weighted by Gasteiger charge is -2.23. The van der Waals surface area contributed by atoms with Gasteiger partial charge in [0.05, 0.1) is 11.3 Å². The van der Waals surface area contributed by atoms with Crippen LogP contribution in [0.15, 0.2) is 60.8 Å². The molecular formula is C20H17F3N2O2. The standard InChI is InChI=1S/C20H17F3N2O2/c1-2-25(17-9-5-7-14-6-3-4-8-16(14)17)19(26)15-10-11-18(24-12-15)27-13-20(21,22)23/h3-12H,2,13H2,1H3. The van der Waals surface area contributed by atoms with Gasteiger partial charge in [0.15, 0.2) is 6.61 Å². The summed E-state index contributed by atoms with van der Waals surface area (Å²) in [6.07, 6.45) is -3.22.